The average Bonchev–Trinajstić information content (AvgIpc) is 2.09. The minimum absolute atomic E-state index is 0.0637. The van der Waals surface area contributed by atoms with E-state index >= 15 is 0 Å². The summed E-state index contributed by atoms with van der Waals surface area (Å²) >= 11 is 0. The molecule has 0 aliphatic heterocycles. The van der Waals surface area contributed by atoms with Crippen molar-refractivity contribution in [2.75, 3.05) is 18.1 Å². The van der Waals surface area contributed by atoms with Crippen LogP contribution in [0.25, 0.3) is 0 Å². The van der Waals surface area contributed by atoms with Gasteiger partial charge in [-0.3, -0.25) is 0 Å². The second kappa shape index (κ2) is 6.19. The number of hydrogen-bond acceptors (Lipinski definition) is 3. The maximum absolute atomic E-state index is 11.3. The summed E-state index contributed by atoms with van der Waals surface area (Å²) in [5.41, 5.74) is 0.347. The van der Waals surface area contributed by atoms with E-state index in [0.717, 1.165) is 13.0 Å². The maximum atomic E-state index is 11.3. The average molecular weight is 263 g/mol. The third kappa shape index (κ3) is 9.60. The van der Waals surface area contributed by atoms with Gasteiger partial charge in [-0.15, -0.1) is 0 Å². The SMILES string of the molecule is CCS(=O)(=O)CCCNC(C)(C)CC(C)(C)C. The van der Waals surface area contributed by atoms with Gasteiger partial charge >= 0.3 is 0 Å². The molecule has 0 heterocycles. The van der Waals surface area contributed by atoms with E-state index in [0.29, 0.717) is 12.2 Å². The zero-order valence-corrected chi connectivity index (χ0v) is 13.1. The Kier molecular flexibility index (Phi) is 6.15. The van der Waals surface area contributed by atoms with E-state index in [4.69, 9.17) is 0 Å². The molecule has 0 bridgehead atoms. The summed E-state index contributed by atoms with van der Waals surface area (Å²) in [5.74, 6) is 0.542. The highest BCUT2D eigenvalue weighted by atomic mass is 32.2. The van der Waals surface area contributed by atoms with Crippen LogP contribution in [0.4, 0.5) is 0 Å². The largest absolute Gasteiger partial charge is 0.312 e. The minimum atomic E-state index is -2.81. The van der Waals surface area contributed by atoms with Gasteiger partial charge in [-0.2, -0.15) is 0 Å². The summed E-state index contributed by atoms with van der Waals surface area (Å²) in [7, 11) is -2.81. The number of hydrogen-bond donors (Lipinski definition) is 1. The van der Waals surface area contributed by atoms with Crippen molar-refractivity contribution in [3.8, 4) is 0 Å². The Labute approximate surface area is 107 Å². The van der Waals surface area contributed by atoms with Crippen molar-refractivity contribution in [3.05, 3.63) is 0 Å². The number of sulfone groups is 1. The summed E-state index contributed by atoms with van der Waals surface area (Å²) in [4.78, 5) is 0. The van der Waals surface area contributed by atoms with Crippen LogP contribution in [-0.4, -0.2) is 32.0 Å². The van der Waals surface area contributed by atoms with Crippen LogP contribution < -0.4 is 5.32 Å². The molecule has 0 aliphatic rings. The van der Waals surface area contributed by atoms with Crippen LogP contribution in [0.15, 0.2) is 0 Å². The first kappa shape index (κ1) is 16.9. The van der Waals surface area contributed by atoms with Crippen LogP contribution >= 0.6 is 0 Å². The lowest BCUT2D eigenvalue weighted by Gasteiger charge is -2.33. The second-order valence-electron chi connectivity index (χ2n) is 6.64. The quantitative estimate of drug-likeness (QED) is 0.718. The fourth-order valence-corrected chi connectivity index (χ4v) is 3.12. The van der Waals surface area contributed by atoms with Crippen molar-refractivity contribution in [3.63, 3.8) is 0 Å². The van der Waals surface area contributed by atoms with Gasteiger partial charge in [0.25, 0.3) is 0 Å². The summed E-state index contributed by atoms with van der Waals surface area (Å²) in [6.07, 6.45) is 1.77. The van der Waals surface area contributed by atoms with Crippen molar-refractivity contribution in [1.29, 1.82) is 0 Å². The predicted octanol–water partition coefficient (Wildman–Crippen LogP) is 2.62. The lowest BCUT2D eigenvalue weighted by molar-refractivity contribution is 0.243. The van der Waals surface area contributed by atoms with Gasteiger partial charge in [0.05, 0.1) is 5.75 Å². The normalized spacial score (nSPS) is 14.0. The van der Waals surface area contributed by atoms with Crippen LogP contribution in [0.2, 0.25) is 0 Å². The van der Waals surface area contributed by atoms with E-state index in [2.05, 4.69) is 39.9 Å². The van der Waals surface area contributed by atoms with Crippen LogP contribution in [0, 0.1) is 5.41 Å². The first-order chi connectivity index (χ1) is 7.47. The van der Waals surface area contributed by atoms with E-state index < -0.39 is 9.84 Å². The highest BCUT2D eigenvalue weighted by Crippen LogP contribution is 2.26. The van der Waals surface area contributed by atoms with Crippen molar-refractivity contribution in [1.82, 2.24) is 5.32 Å². The van der Waals surface area contributed by atoms with E-state index in [1.54, 1.807) is 6.92 Å². The monoisotopic (exact) mass is 263 g/mol. The van der Waals surface area contributed by atoms with E-state index in [9.17, 15) is 8.42 Å². The summed E-state index contributed by atoms with van der Waals surface area (Å²) in [6.45, 7) is 13.5. The van der Waals surface area contributed by atoms with E-state index in [-0.39, 0.29) is 16.7 Å². The Morgan fingerprint density at radius 3 is 2.00 bits per heavy atom. The molecule has 0 amide bonds. The van der Waals surface area contributed by atoms with E-state index in [1.807, 2.05) is 0 Å². The fraction of sp³-hybridized carbons (Fsp3) is 1.00. The molecule has 0 aliphatic carbocycles. The third-order valence-corrected chi connectivity index (χ3v) is 4.44. The first-order valence-electron chi connectivity index (χ1n) is 6.43. The molecule has 0 aromatic carbocycles. The topological polar surface area (TPSA) is 46.2 Å². The fourth-order valence-electron chi connectivity index (χ4n) is 2.25. The van der Waals surface area contributed by atoms with Gasteiger partial charge in [-0.25, -0.2) is 8.42 Å². The van der Waals surface area contributed by atoms with Crippen LogP contribution in [0.3, 0.4) is 0 Å². The van der Waals surface area contributed by atoms with Crippen LogP contribution in [0.5, 0.6) is 0 Å². The summed E-state index contributed by atoms with van der Waals surface area (Å²) in [6, 6.07) is 0. The van der Waals surface area contributed by atoms with Crippen LogP contribution in [0.1, 0.15) is 54.4 Å². The molecular formula is C13H29NO2S. The predicted molar refractivity (Wildman–Crippen MR) is 75.1 cm³/mol. The molecule has 0 spiro atoms. The number of nitrogens with one attached hydrogen (secondary N) is 1. The van der Waals surface area contributed by atoms with Gasteiger partial charge in [0, 0.05) is 11.3 Å². The zero-order valence-electron chi connectivity index (χ0n) is 12.3. The van der Waals surface area contributed by atoms with Gasteiger partial charge in [0.15, 0.2) is 0 Å². The highest BCUT2D eigenvalue weighted by molar-refractivity contribution is 7.91. The third-order valence-electron chi connectivity index (χ3n) is 2.65. The van der Waals surface area contributed by atoms with Crippen molar-refractivity contribution < 1.29 is 8.42 Å². The molecule has 0 saturated heterocycles. The molecule has 0 unspecified atom stereocenters. The molecule has 0 aromatic rings. The van der Waals surface area contributed by atoms with Gasteiger partial charge < -0.3 is 5.32 Å². The van der Waals surface area contributed by atoms with Crippen LogP contribution in [-0.2, 0) is 9.84 Å². The lowest BCUT2D eigenvalue weighted by Crippen LogP contribution is -2.43. The standard InChI is InChI=1S/C13H29NO2S/c1-7-17(15,16)10-8-9-14-13(5,6)11-12(2,3)4/h14H,7-11H2,1-6H3. The molecule has 104 valence electrons. The minimum Gasteiger partial charge on any atom is -0.312 e. The smallest absolute Gasteiger partial charge is 0.150 e. The van der Waals surface area contributed by atoms with Gasteiger partial charge in [-0.1, -0.05) is 27.7 Å². The molecule has 0 fully saturated rings. The molecular weight excluding hydrogens is 234 g/mol. The van der Waals surface area contributed by atoms with E-state index in [1.165, 1.54) is 0 Å². The molecule has 0 radical (unpaired) electrons. The molecule has 1 N–H and O–H groups in total. The highest BCUT2D eigenvalue weighted by Gasteiger charge is 2.24. The van der Waals surface area contributed by atoms with Gasteiger partial charge in [0.1, 0.15) is 9.84 Å². The van der Waals surface area contributed by atoms with Gasteiger partial charge in [0.2, 0.25) is 0 Å². The Bertz CT molecular complexity index is 313. The van der Waals surface area contributed by atoms with Crippen molar-refractivity contribution >= 4 is 9.84 Å². The molecule has 4 heteroatoms. The second-order valence-corrected chi connectivity index (χ2v) is 9.11. The van der Waals surface area contributed by atoms with Crippen molar-refractivity contribution in [2.45, 2.75) is 59.9 Å². The zero-order chi connectivity index (χ0) is 13.7. The molecule has 0 atom stereocenters. The Hall–Kier alpha value is -0.0900. The Morgan fingerprint density at radius 1 is 1.06 bits per heavy atom. The maximum Gasteiger partial charge on any atom is 0.150 e. The number of rotatable bonds is 7. The summed E-state index contributed by atoms with van der Waals surface area (Å²) in [5, 5.41) is 3.45. The molecule has 0 rings (SSSR count). The van der Waals surface area contributed by atoms with Crippen molar-refractivity contribution in [2.24, 2.45) is 5.41 Å². The molecule has 0 aromatic heterocycles. The molecule has 0 saturated carbocycles. The molecule has 3 nitrogen and oxygen atoms in total. The molecule has 17 heavy (non-hydrogen) atoms. The first-order valence-corrected chi connectivity index (χ1v) is 8.25. The Morgan fingerprint density at radius 2 is 1.59 bits per heavy atom. The summed E-state index contributed by atoms with van der Waals surface area (Å²) < 4.78 is 22.6. The lowest BCUT2D eigenvalue weighted by atomic mass is 9.82. The Balaban J connectivity index is 3.96. The van der Waals surface area contributed by atoms with Gasteiger partial charge in [-0.05, 0) is 38.6 Å².